The molecule has 1 unspecified atom stereocenters. The average Bonchev–Trinajstić information content (AvgIpc) is 3.35. The first-order valence-corrected chi connectivity index (χ1v) is 15.0. The quantitative estimate of drug-likeness (QED) is 0.313. The summed E-state index contributed by atoms with van der Waals surface area (Å²) in [5.41, 5.74) is 2.56. The SMILES string of the molecule is [C-]#[N+]C[C@H]1CN(c2nc(OC[C@@H]3C[C@@H](O)CN3C)nc3c2COC(c2cccc4cccc(Cl)c24)C3)CCN1C(=O)C(=C)F. The largest absolute Gasteiger partial charge is 0.462 e. The molecule has 0 aliphatic carbocycles. The molecule has 2 fully saturated rings. The molecule has 0 radical (unpaired) electrons. The minimum atomic E-state index is -1.04. The second kappa shape index (κ2) is 12.7. The molecule has 0 spiro atoms. The molecule has 230 valence electrons. The van der Waals surface area contributed by atoms with E-state index in [9.17, 15) is 14.3 Å². The van der Waals surface area contributed by atoms with Gasteiger partial charge in [-0.2, -0.15) is 9.97 Å². The van der Waals surface area contributed by atoms with Gasteiger partial charge in [0.25, 0.3) is 5.91 Å². The van der Waals surface area contributed by atoms with E-state index in [2.05, 4.69) is 16.3 Å². The van der Waals surface area contributed by atoms with Crippen molar-refractivity contribution in [3.63, 3.8) is 0 Å². The maximum absolute atomic E-state index is 13.8. The lowest BCUT2D eigenvalue weighted by atomic mass is 9.94. The van der Waals surface area contributed by atoms with Gasteiger partial charge in [-0.15, -0.1) is 0 Å². The fourth-order valence-corrected chi connectivity index (χ4v) is 6.79. The van der Waals surface area contributed by atoms with Crippen LogP contribution in [0.5, 0.6) is 6.01 Å². The van der Waals surface area contributed by atoms with Crippen LogP contribution in [-0.4, -0.2) is 95.3 Å². The van der Waals surface area contributed by atoms with E-state index in [4.69, 9.17) is 37.6 Å². The molecular weight excluding hydrogens is 587 g/mol. The number of carbonyl (C=O) groups excluding carboxylic acids is 1. The molecule has 3 aromatic rings. The first kappa shape index (κ1) is 30.2. The number of aliphatic hydroxyl groups excluding tert-OH is 1. The van der Waals surface area contributed by atoms with Crippen LogP contribution in [-0.2, 0) is 22.6 Å². The number of halogens is 2. The molecule has 2 aromatic carbocycles. The van der Waals surface area contributed by atoms with Crippen molar-refractivity contribution in [1.29, 1.82) is 0 Å². The van der Waals surface area contributed by atoms with Crippen LogP contribution in [0.4, 0.5) is 10.2 Å². The van der Waals surface area contributed by atoms with Crippen molar-refractivity contribution < 1.29 is 23.8 Å². The molecule has 12 heteroatoms. The normalized spacial score (nSPS) is 23.8. The van der Waals surface area contributed by atoms with E-state index in [1.54, 1.807) is 0 Å². The van der Waals surface area contributed by atoms with E-state index in [0.29, 0.717) is 43.4 Å². The number of piperazine rings is 1. The highest BCUT2D eigenvalue weighted by Gasteiger charge is 2.37. The van der Waals surface area contributed by atoms with Gasteiger partial charge in [-0.3, -0.25) is 9.69 Å². The zero-order chi connectivity index (χ0) is 31.0. The molecule has 3 aliphatic heterocycles. The molecule has 3 aliphatic rings. The molecule has 44 heavy (non-hydrogen) atoms. The van der Waals surface area contributed by atoms with Crippen molar-refractivity contribution in [3.05, 3.63) is 82.1 Å². The van der Waals surface area contributed by atoms with Gasteiger partial charge >= 0.3 is 6.01 Å². The summed E-state index contributed by atoms with van der Waals surface area (Å²) in [6, 6.07) is 11.5. The molecule has 4 atom stereocenters. The van der Waals surface area contributed by atoms with Gasteiger partial charge in [0, 0.05) is 54.6 Å². The molecule has 0 saturated carbocycles. The molecule has 1 aromatic heterocycles. The van der Waals surface area contributed by atoms with Crippen LogP contribution in [0.3, 0.4) is 0 Å². The average molecular weight is 621 g/mol. The Balaban J connectivity index is 1.34. The third-order valence-corrected chi connectivity index (χ3v) is 9.05. The number of likely N-dealkylation sites (tertiary alicyclic amines) is 1. The predicted octanol–water partition coefficient (Wildman–Crippen LogP) is 3.96. The van der Waals surface area contributed by atoms with Crippen molar-refractivity contribution in [2.24, 2.45) is 0 Å². The molecule has 10 nitrogen and oxygen atoms in total. The summed E-state index contributed by atoms with van der Waals surface area (Å²) in [5.74, 6) is -1.23. The Morgan fingerprint density at radius 2 is 2.02 bits per heavy atom. The minimum absolute atomic E-state index is 0.0168. The summed E-state index contributed by atoms with van der Waals surface area (Å²) in [6.07, 6.45) is 0.343. The third-order valence-electron chi connectivity index (χ3n) is 8.74. The minimum Gasteiger partial charge on any atom is -0.462 e. The highest BCUT2D eigenvalue weighted by molar-refractivity contribution is 6.35. The van der Waals surface area contributed by atoms with Crippen LogP contribution in [0.1, 0.15) is 29.3 Å². The summed E-state index contributed by atoms with van der Waals surface area (Å²) in [5, 5.41) is 12.7. The van der Waals surface area contributed by atoms with Crippen molar-refractivity contribution >= 4 is 34.1 Å². The van der Waals surface area contributed by atoms with E-state index >= 15 is 0 Å². The number of carbonyl (C=O) groups is 1. The number of rotatable bonds is 7. The number of hydrogen-bond acceptors (Lipinski definition) is 8. The lowest BCUT2D eigenvalue weighted by Crippen LogP contribution is -2.57. The summed E-state index contributed by atoms with van der Waals surface area (Å²) in [6.45, 7) is 12.6. The zero-order valence-electron chi connectivity index (χ0n) is 24.5. The monoisotopic (exact) mass is 620 g/mol. The fraction of sp³-hybridized carbons (Fsp3) is 0.438. The number of hydrogen-bond donors (Lipinski definition) is 1. The molecule has 1 N–H and O–H groups in total. The predicted molar refractivity (Wildman–Crippen MR) is 164 cm³/mol. The van der Waals surface area contributed by atoms with Crippen molar-refractivity contribution in [3.8, 4) is 6.01 Å². The van der Waals surface area contributed by atoms with Gasteiger partial charge in [0.1, 0.15) is 18.5 Å². The van der Waals surface area contributed by atoms with Crippen LogP contribution in [0, 0.1) is 6.57 Å². The number of likely N-dealkylation sites (N-methyl/N-ethyl adjacent to an activating group) is 1. The van der Waals surface area contributed by atoms with Crippen molar-refractivity contribution in [2.75, 3.05) is 51.3 Å². The Labute approximate surface area is 260 Å². The van der Waals surface area contributed by atoms with E-state index in [0.717, 1.165) is 27.6 Å². The van der Waals surface area contributed by atoms with Crippen LogP contribution in [0.2, 0.25) is 5.02 Å². The van der Waals surface area contributed by atoms with Gasteiger partial charge < -0.3 is 29.2 Å². The maximum Gasteiger partial charge on any atom is 0.318 e. The lowest BCUT2D eigenvalue weighted by molar-refractivity contribution is -0.131. The summed E-state index contributed by atoms with van der Waals surface area (Å²) in [4.78, 5) is 31.1. The standard InChI is InChI=1S/C32H34ClFN6O4/c1-19(34)31(42)40-11-10-39(15-22(40)14-35-2)30-25-18-43-28(24-8-4-6-20-7-5-9-26(33)29(20)24)13-27(25)36-32(37-30)44-17-21-12-23(41)16-38(21)3/h4-9,21-23,28,41H,1,10-18H2,3H3/t21-,22-,23+,28?/m0/s1. The maximum atomic E-state index is 13.8. The van der Waals surface area contributed by atoms with Gasteiger partial charge in [-0.25, -0.2) is 11.0 Å². The zero-order valence-corrected chi connectivity index (χ0v) is 25.2. The number of amides is 1. The van der Waals surface area contributed by atoms with Crippen LogP contribution in [0.15, 0.2) is 48.8 Å². The van der Waals surface area contributed by atoms with Gasteiger partial charge in [0.2, 0.25) is 6.54 Å². The van der Waals surface area contributed by atoms with E-state index in [-0.39, 0.29) is 44.4 Å². The Bertz CT molecular complexity index is 1630. The van der Waals surface area contributed by atoms with Gasteiger partial charge in [-0.1, -0.05) is 48.5 Å². The van der Waals surface area contributed by atoms with Crippen LogP contribution in [0.25, 0.3) is 15.6 Å². The number of anilines is 1. The van der Waals surface area contributed by atoms with E-state index < -0.39 is 23.9 Å². The lowest BCUT2D eigenvalue weighted by Gasteiger charge is -2.40. The highest BCUT2D eigenvalue weighted by Crippen LogP contribution is 2.39. The van der Waals surface area contributed by atoms with E-state index in [1.807, 2.05) is 48.3 Å². The topological polar surface area (TPSA) is 95.6 Å². The summed E-state index contributed by atoms with van der Waals surface area (Å²) >= 11 is 6.64. The molecule has 6 rings (SSSR count). The smallest absolute Gasteiger partial charge is 0.318 e. The van der Waals surface area contributed by atoms with Gasteiger partial charge in [0.05, 0.1) is 24.5 Å². The number of nitrogens with zero attached hydrogens (tertiary/aromatic N) is 6. The number of fused-ring (bicyclic) bond motifs is 2. The number of ether oxygens (including phenoxy) is 2. The molecule has 1 amide bonds. The molecule has 2 saturated heterocycles. The first-order valence-electron chi connectivity index (χ1n) is 14.7. The number of aliphatic hydroxyl groups is 1. The number of β-amino-alcohol motifs (C(OH)–C–C–N with tert-alkyl or cyclic N) is 1. The highest BCUT2D eigenvalue weighted by atomic mass is 35.5. The van der Waals surface area contributed by atoms with Crippen molar-refractivity contribution in [2.45, 2.75) is 43.7 Å². The fourth-order valence-electron chi connectivity index (χ4n) is 6.50. The van der Waals surface area contributed by atoms with E-state index in [1.165, 1.54) is 4.90 Å². The Morgan fingerprint density at radius 1 is 1.23 bits per heavy atom. The first-order chi connectivity index (χ1) is 21.2. The second-order valence-corrected chi connectivity index (χ2v) is 12.0. The summed E-state index contributed by atoms with van der Waals surface area (Å²) < 4.78 is 26.4. The number of benzene rings is 2. The van der Waals surface area contributed by atoms with Crippen LogP contribution < -0.4 is 9.64 Å². The second-order valence-electron chi connectivity index (χ2n) is 11.6. The van der Waals surface area contributed by atoms with Crippen molar-refractivity contribution in [1.82, 2.24) is 19.8 Å². The Hall–Kier alpha value is -3.82. The van der Waals surface area contributed by atoms with Gasteiger partial charge in [-0.05, 0) is 30.5 Å². The Kier molecular flexibility index (Phi) is 8.69. The molecular formula is C32H34ClFN6O4. The third kappa shape index (κ3) is 5.95. The number of aromatic nitrogens is 2. The Morgan fingerprint density at radius 3 is 2.75 bits per heavy atom. The van der Waals surface area contributed by atoms with Crippen LogP contribution >= 0.6 is 11.6 Å². The molecule has 4 heterocycles. The summed E-state index contributed by atoms with van der Waals surface area (Å²) in [7, 11) is 1.95. The molecule has 0 bridgehead atoms. The van der Waals surface area contributed by atoms with Gasteiger partial charge in [0.15, 0.2) is 5.83 Å².